The first-order valence-electron chi connectivity index (χ1n) is 5.89. The molecule has 1 atom stereocenters. The molecule has 0 aromatic heterocycles. The van der Waals surface area contributed by atoms with Crippen LogP contribution in [0.3, 0.4) is 0 Å². The summed E-state index contributed by atoms with van der Waals surface area (Å²) in [4.78, 5) is 22.6. The van der Waals surface area contributed by atoms with Gasteiger partial charge in [-0.15, -0.1) is 0 Å². The Hall–Kier alpha value is -1.49. The van der Waals surface area contributed by atoms with Gasteiger partial charge in [-0.2, -0.15) is 0 Å². The number of fused-ring (bicyclic) bond motifs is 1. The molecule has 0 saturated heterocycles. The van der Waals surface area contributed by atoms with Crippen molar-refractivity contribution >= 4 is 13.6 Å². The second kappa shape index (κ2) is 5.65. The maximum atomic E-state index is 12.4. The van der Waals surface area contributed by atoms with Crippen molar-refractivity contribution in [3.8, 4) is 5.75 Å². The van der Waals surface area contributed by atoms with Gasteiger partial charge >= 0.3 is 0 Å². The van der Waals surface area contributed by atoms with Crippen LogP contribution in [-0.4, -0.2) is 17.7 Å². The molecule has 0 saturated carbocycles. The molecule has 19 heavy (non-hydrogen) atoms. The molecule has 1 aliphatic rings. The van der Waals surface area contributed by atoms with Crippen LogP contribution >= 0.6 is 7.94 Å². The SMILES string of the molecule is CCO[P+]1([O-])C/C=C\Cc2cc([N+](=O)[O-])ccc2O1. The van der Waals surface area contributed by atoms with Gasteiger partial charge in [0.05, 0.1) is 11.5 Å². The Balaban J connectivity index is 2.36. The van der Waals surface area contributed by atoms with Crippen molar-refractivity contribution in [1.29, 1.82) is 0 Å². The smallest absolute Gasteiger partial charge is 0.288 e. The minimum Gasteiger partial charge on any atom is -0.624 e. The zero-order valence-electron chi connectivity index (χ0n) is 10.4. The topological polar surface area (TPSA) is 84.7 Å². The lowest BCUT2D eigenvalue weighted by Gasteiger charge is -2.27. The molecule has 0 amide bonds. The molecule has 1 aromatic carbocycles. The molecular weight excluding hydrogens is 269 g/mol. The molecule has 1 aromatic rings. The summed E-state index contributed by atoms with van der Waals surface area (Å²) in [7, 11) is -3.21. The molecule has 1 heterocycles. The first-order valence-corrected chi connectivity index (χ1v) is 7.62. The van der Waals surface area contributed by atoms with Crippen molar-refractivity contribution in [2.75, 3.05) is 12.8 Å². The zero-order valence-corrected chi connectivity index (χ0v) is 11.3. The summed E-state index contributed by atoms with van der Waals surface area (Å²) in [5.74, 6) is 0.381. The van der Waals surface area contributed by atoms with Crippen molar-refractivity contribution in [1.82, 2.24) is 0 Å². The Labute approximate surface area is 111 Å². The summed E-state index contributed by atoms with van der Waals surface area (Å²) in [6.07, 6.45) is 4.25. The molecule has 0 bridgehead atoms. The van der Waals surface area contributed by atoms with E-state index in [-0.39, 0.29) is 18.5 Å². The molecule has 0 N–H and O–H groups in total. The molecule has 2 rings (SSSR count). The molecule has 102 valence electrons. The summed E-state index contributed by atoms with van der Waals surface area (Å²) in [6.45, 7) is 2.02. The fourth-order valence-corrected chi connectivity index (χ4v) is 3.32. The molecule has 7 heteroatoms. The Morgan fingerprint density at radius 1 is 1.47 bits per heavy atom. The monoisotopic (exact) mass is 283 g/mol. The number of non-ortho nitro benzene ring substituents is 1. The third-order valence-electron chi connectivity index (χ3n) is 2.65. The van der Waals surface area contributed by atoms with Crippen molar-refractivity contribution < 1.29 is 18.9 Å². The third-order valence-corrected chi connectivity index (χ3v) is 4.44. The lowest BCUT2D eigenvalue weighted by atomic mass is 10.1. The number of nitro groups is 1. The van der Waals surface area contributed by atoms with Crippen LogP contribution in [0.2, 0.25) is 0 Å². The number of rotatable bonds is 3. The molecule has 6 nitrogen and oxygen atoms in total. The minimum atomic E-state index is -3.21. The number of hydrogen-bond acceptors (Lipinski definition) is 5. The Morgan fingerprint density at radius 2 is 2.26 bits per heavy atom. The van der Waals surface area contributed by atoms with Crippen molar-refractivity contribution in [3.05, 3.63) is 46.0 Å². The summed E-state index contributed by atoms with van der Waals surface area (Å²) in [5.41, 5.74) is 0.618. The maximum Gasteiger partial charge on any atom is 0.288 e. The first-order chi connectivity index (χ1) is 9.04. The predicted molar refractivity (Wildman–Crippen MR) is 70.0 cm³/mol. The molecule has 1 aliphatic heterocycles. The Bertz CT molecular complexity index is 519. The third kappa shape index (κ3) is 3.29. The molecule has 0 aliphatic carbocycles. The fourth-order valence-electron chi connectivity index (χ4n) is 1.80. The van der Waals surface area contributed by atoms with E-state index in [1.54, 1.807) is 13.0 Å². The lowest BCUT2D eigenvalue weighted by molar-refractivity contribution is -0.384. The largest absolute Gasteiger partial charge is 0.624 e. The van der Waals surface area contributed by atoms with Crippen LogP contribution in [0.25, 0.3) is 0 Å². The van der Waals surface area contributed by atoms with Gasteiger partial charge in [0.25, 0.3) is 13.6 Å². The summed E-state index contributed by atoms with van der Waals surface area (Å²) in [6, 6.07) is 4.24. The van der Waals surface area contributed by atoms with Gasteiger partial charge in [-0.1, -0.05) is 6.08 Å². The van der Waals surface area contributed by atoms with Crippen molar-refractivity contribution in [2.24, 2.45) is 0 Å². The van der Waals surface area contributed by atoms with Gasteiger partial charge in [-0.25, -0.2) is 4.52 Å². The average Bonchev–Trinajstić information content (AvgIpc) is 2.34. The molecule has 1 unspecified atom stereocenters. The van der Waals surface area contributed by atoms with Crippen LogP contribution in [0, 0.1) is 10.1 Å². The van der Waals surface area contributed by atoms with E-state index < -0.39 is 12.9 Å². The van der Waals surface area contributed by atoms with E-state index in [4.69, 9.17) is 9.05 Å². The number of benzene rings is 1. The van der Waals surface area contributed by atoms with Gasteiger partial charge in [-0.05, 0) is 25.5 Å². The van der Waals surface area contributed by atoms with Gasteiger partial charge < -0.3 is 9.42 Å². The highest BCUT2D eigenvalue weighted by Crippen LogP contribution is 2.53. The normalized spacial score (nSPS) is 23.7. The molecule has 0 spiro atoms. The predicted octanol–water partition coefficient (Wildman–Crippen LogP) is 2.25. The van der Waals surface area contributed by atoms with Gasteiger partial charge in [-0.3, -0.25) is 10.1 Å². The Morgan fingerprint density at radius 3 is 2.95 bits per heavy atom. The molecule has 0 radical (unpaired) electrons. The van der Waals surface area contributed by atoms with E-state index in [1.807, 2.05) is 6.08 Å². The first kappa shape index (κ1) is 13.9. The van der Waals surface area contributed by atoms with Crippen LogP contribution in [-0.2, 0) is 10.9 Å². The highest BCUT2D eigenvalue weighted by molar-refractivity contribution is 7.59. The minimum absolute atomic E-state index is 0.0115. The number of nitro benzene ring substituents is 1. The molecular formula is C12H14NO5P. The van der Waals surface area contributed by atoms with E-state index in [1.165, 1.54) is 18.2 Å². The van der Waals surface area contributed by atoms with Crippen molar-refractivity contribution in [2.45, 2.75) is 13.3 Å². The second-order valence-corrected chi connectivity index (χ2v) is 6.05. The second-order valence-electron chi connectivity index (χ2n) is 4.03. The summed E-state index contributed by atoms with van der Waals surface area (Å²) < 4.78 is 10.6. The number of allylic oxidation sites excluding steroid dienone is 2. The Kier molecular flexibility index (Phi) is 4.14. The van der Waals surface area contributed by atoms with E-state index in [0.29, 0.717) is 17.7 Å². The van der Waals surface area contributed by atoms with Crippen LogP contribution in [0.5, 0.6) is 5.75 Å². The van der Waals surface area contributed by atoms with Crippen molar-refractivity contribution in [3.63, 3.8) is 0 Å². The maximum absolute atomic E-state index is 12.4. The van der Waals surface area contributed by atoms with E-state index in [2.05, 4.69) is 0 Å². The lowest BCUT2D eigenvalue weighted by Crippen LogP contribution is -2.22. The van der Waals surface area contributed by atoms with E-state index >= 15 is 0 Å². The zero-order chi connectivity index (χ0) is 13.9. The highest BCUT2D eigenvalue weighted by Gasteiger charge is 2.32. The molecule has 0 fully saturated rings. The standard InChI is InChI=1S/C12H14NO5P/c1-2-17-19(16)8-4-3-5-10-9-11(13(14)15)6-7-12(10)18-19/h3-4,6-7,9H,2,5,8H2,1H3/b4-3-. The van der Waals surface area contributed by atoms with Gasteiger partial charge in [0.1, 0.15) is 6.16 Å². The van der Waals surface area contributed by atoms with E-state index in [9.17, 15) is 15.0 Å². The number of nitrogens with zero attached hydrogens (tertiary/aromatic N) is 1. The van der Waals surface area contributed by atoms with Gasteiger partial charge in [0.2, 0.25) is 0 Å². The number of hydrogen-bond donors (Lipinski definition) is 0. The van der Waals surface area contributed by atoms with Crippen LogP contribution in [0.1, 0.15) is 12.5 Å². The summed E-state index contributed by atoms with van der Waals surface area (Å²) >= 11 is 0. The fraction of sp³-hybridized carbons (Fsp3) is 0.333. The van der Waals surface area contributed by atoms with E-state index in [0.717, 1.165) is 0 Å². The quantitative estimate of drug-likeness (QED) is 0.367. The van der Waals surface area contributed by atoms with Gasteiger partial charge in [0, 0.05) is 17.7 Å². The van der Waals surface area contributed by atoms with Crippen LogP contribution in [0.4, 0.5) is 5.69 Å². The average molecular weight is 283 g/mol. The van der Waals surface area contributed by atoms with Crippen LogP contribution in [0.15, 0.2) is 30.4 Å². The van der Waals surface area contributed by atoms with Gasteiger partial charge in [0.15, 0.2) is 5.75 Å². The highest BCUT2D eigenvalue weighted by atomic mass is 31.2. The summed E-state index contributed by atoms with van der Waals surface area (Å²) in [5, 5.41) is 10.7. The van der Waals surface area contributed by atoms with Crippen LogP contribution < -0.4 is 9.42 Å².